The second-order valence-electron chi connectivity index (χ2n) is 7.66. The van der Waals surface area contributed by atoms with E-state index in [1.165, 1.54) is 0 Å². The van der Waals surface area contributed by atoms with E-state index in [4.69, 9.17) is 10.5 Å². The maximum atomic E-state index is 12.6. The van der Waals surface area contributed by atoms with E-state index >= 15 is 0 Å². The van der Waals surface area contributed by atoms with Crippen molar-refractivity contribution in [2.75, 3.05) is 25.6 Å². The normalized spacial score (nSPS) is 26.7. The third kappa shape index (κ3) is 4.16. The van der Waals surface area contributed by atoms with Crippen molar-refractivity contribution in [2.24, 2.45) is 0 Å². The van der Waals surface area contributed by atoms with Crippen molar-refractivity contribution < 1.29 is 44.3 Å². The Hall–Kier alpha value is -2.98. The Morgan fingerprint density at radius 2 is 2.00 bits per heavy atom. The molecule has 0 amide bonds. The number of aryl methyl sites for hydroxylation is 1. The van der Waals surface area contributed by atoms with Crippen LogP contribution < -0.4 is 11.4 Å². The summed E-state index contributed by atoms with van der Waals surface area (Å²) in [6, 6.07) is 6.60. The summed E-state index contributed by atoms with van der Waals surface area (Å²) in [6.07, 6.45) is -3.20. The minimum absolute atomic E-state index is 0.109. The molecule has 14 heteroatoms. The average Bonchev–Trinajstić information content (AvgIpc) is 3.01. The van der Waals surface area contributed by atoms with Gasteiger partial charge in [0.15, 0.2) is 0 Å². The van der Waals surface area contributed by atoms with Crippen LogP contribution in [0.3, 0.4) is 0 Å². The van der Waals surface area contributed by atoms with Crippen LogP contribution >= 0.6 is 0 Å². The summed E-state index contributed by atoms with van der Waals surface area (Å²) >= 11 is 0. The van der Waals surface area contributed by atoms with Crippen LogP contribution in [0.25, 0.3) is 0 Å². The number of aromatic nitrogens is 2. The third-order valence-corrected chi connectivity index (χ3v) is 5.43. The fourth-order valence-corrected chi connectivity index (χ4v) is 3.60. The van der Waals surface area contributed by atoms with E-state index in [0.29, 0.717) is 11.8 Å². The lowest BCUT2D eigenvalue weighted by Crippen LogP contribution is -2.68. The number of aliphatic hydroxyl groups is 4. The Morgan fingerprint density at radius 3 is 2.59 bits per heavy atom. The van der Waals surface area contributed by atoms with Gasteiger partial charge in [-0.3, -0.25) is 0 Å². The van der Waals surface area contributed by atoms with Crippen LogP contribution in [0.15, 0.2) is 35.3 Å². The molecular weight excluding hydrogens is 459 g/mol. The number of aliphatic hydroxyl groups excluding tert-OH is 2. The number of carbonyl (C=O) groups excluding carboxylic acids is 1. The molecule has 1 fully saturated rings. The predicted octanol–water partition coefficient (Wildman–Crippen LogP) is -1.81. The number of nitrogens with two attached hydrogens (primary N) is 1. The molecule has 34 heavy (non-hydrogen) atoms. The largest absolute Gasteiger partial charge is 0.459 e. The number of hydrogen-bond acceptors (Lipinski definition) is 12. The molecule has 13 nitrogen and oxygen atoms in total. The Labute approximate surface area is 192 Å². The van der Waals surface area contributed by atoms with Crippen molar-refractivity contribution in [3.63, 3.8) is 0 Å². The van der Waals surface area contributed by atoms with Gasteiger partial charge in [0, 0.05) is 0 Å². The van der Waals surface area contributed by atoms with Gasteiger partial charge in [-0.05, 0) is 12.5 Å². The molecule has 0 radical (unpaired) electrons. The van der Waals surface area contributed by atoms with E-state index < -0.39 is 73.3 Å². The quantitative estimate of drug-likeness (QED) is 0.140. The van der Waals surface area contributed by atoms with Crippen molar-refractivity contribution in [3.05, 3.63) is 57.6 Å². The number of anilines is 1. The number of benzene rings is 1. The lowest BCUT2D eigenvalue weighted by atomic mass is 9.99. The van der Waals surface area contributed by atoms with E-state index in [2.05, 4.69) is 9.72 Å². The zero-order valence-corrected chi connectivity index (χ0v) is 18.0. The fraction of sp³-hybridized carbons (Fsp3) is 0.450. The van der Waals surface area contributed by atoms with Crippen molar-refractivity contribution >= 4 is 11.8 Å². The zero-order valence-electron chi connectivity index (χ0n) is 18.0. The number of nitrogen functional groups attached to an aromatic ring is 1. The number of rotatable bonds is 8. The molecule has 7 N–H and O–H groups in total. The van der Waals surface area contributed by atoms with Crippen molar-refractivity contribution in [3.8, 4) is 0 Å². The number of halogens is 1. The Bertz CT molecular complexity index is 1100. The standard InChI is InChI=1S/C20H25FN4O9/c1-11-2-4-12(5-3-11)9-24(32)19(30)15(27)14(10-26)34-20(19,31)25-16(22)13(8-23-18(25)29)17(28)33-7-6-21/h2-5,8,14-15,26-27,30-32H,6-7,9-10,22H2,1H3/t14-,15-,19-,20-/m1/s1. The number of ether oxygens (including phenoxy) is 2. The van der Waals surface area contributed by atoms with Gasteiger partial charge < -0.3 is 40.8 Å². The van der Waals surface area contributed by atoms with Crippen LogP contribution in [0.2, 0.25) is 0 Å². The number of carbonyl (C=O) groups is 1. The molecule has 186 valence electrons. The second-order valence-corrected chi connectivity index (χ2v) is 7.66. The van der Waals surface area contributed by atoms with Gasteiger partial charge in [0.05, 0.1) is 19.3 Å². The van der Waals surface area contributed by atoms with Crippen molar-refractivity contribution in [1.29, 1.82) is 0 Å². The van der Waals surface area contributed by atoms with E-state index in [0.717, 1.165) is 5.56 Å². The summed E-state index contributed by atoms with van der Waals surface area (Å²) in [5.41, 5.74) is 2.04. The molecule has 1 aliphatic heterocycles. The SMILES string of the molecule is Cc1ccc(CN(O)[C@@]2(O)[C@H](O)[C@@H](CO)O[C@@]2(O)n2c(N)c(C(=O)OCCF)cnc2=O)cc1. The van der Waals surface area contributed by atoms with Crippen LogP contribution in [0, 0.1) is 6.92 Å². The highest BCUT2D eigenvalue weighted by atomic mass is 19.1. The summed E-state index contributed by atoms with van der Waals surface area (Å²) in [7, 11) is 0. The summed E-state index contributed by atoms with van der Waals surface area (Å²) in [6.45, 7) is -1.26. The second kappa shape index (κ2) is 9.71. The number of nitrogens with zero attached hydrogens (tertiary/aromatic N) is 3. The highest BCUT2D eigenvalue weighted by Crippen LogP contribution is 2.44. The number of esters is 1. The molecule has 2 heterocycles. The summed E-state index contributed by atoms with van der Waals surface area (Å²) in [4.78, 5) is 28.2. The fourth-order valence-electron chi connectivity index (χ4n) is 3.60. The van der Waals surface area contributed by atoms with E-state index in [1.807, 2.05) is 6.92 Å². The molecule has 0 spiro atoms. The Balaban J connectivity index is 2.13. The lowest BCUT2D eigenvalue weighted by Gasteiger charge is -2.42. The van der Waals surface area contributed by atoms with E-state index in [-0.39, 0.29) is 9.63 Å². The van der Waals surface area contributed by atoms with Crippen molar-refractivity contribution in [1.82, 2.24) is 14.6 Å². The van der Waals surface area contributed by atoms with Gasteiger partial charge in [-0.15, -0.1) is 5.06 Å². The summed E-state index contributed by atoms with van der Waals surface area (Å²) in [5, 5.41) is 53.9. The molecule has 0 aliphatic carbocycles. The summed E-state index contributed by atoms with van der Waals surface area (Å²) in [5.74, 6) is -5.40. The molecule has 4 atom stereocenters. The molecule has 1 aliphatic rings. The molecule has 0 bridgehead atoms. The molecule has 1 aromatic heterocycles. The van der Waals surface area contributed by atoms with Gasteiger partial charge in [-0.1, -0.05) is 29.8 Å². The van der Waals surface area contributed by atoms with Crippen LogP contribution in [-0.2, 0) is 21.9 Å². The number of hydrogen-bond donors (Lipinski definition) is 6. The van der Waals surface area contributed by atoms with Crippen LogP contribution in [0.5, 0.6) is 0 Å². The topological polar surface area (TPSA) is 201 Å². The highest BCUT2D eigenvalue weighted by molar-refractivity contribution is 5.93. The smallest absolute Gasteiger partial charge is 0.353 e. The Kier molecular flexibility index (Phi) is 7.32. The molecule has 0 unspecified atom stereocenters. The highest BCUT2D eigenvalue weighted by Gasteiger charge is 2.70. The maximum Gasteiger partial charge on any atom is 0.353 e. The number of hydroxylamine groups is 2. The van der Waals surface area contributed by atoms with Gasteiger partial charge in [0.25, 0.3) is 0 Å². The molecule has 1 saturated heterocycles. The van der Waals surface area contributed by atoms with Gasteiger partial charge in [-0.25, -0.2) is 23.5 Å². The molecule has 1 aromatic carbocycles. The molecule has 2 aromatic rings. The van der Waals surface area contributed by atoms with Gasteiger partial charge in [-0.2, -0.15) is 0 Å². The van der Waals surface area contributed by atoms with E-state index in [9.17, 15) is 39.6 Å². The number of alkyl halides is 1. The van der Waals surface area contributed by atoms with Gasteiger partial charge >= 0.3 is 17.6 Å². The summed E-state index contributed by atoms with van der Waals surface area (Å²) < 4.78 is 22.3. The van der Waals surface area contributed by atoms with Crippen LogP contribution in [0.1, 0.15) is 21.5 Å². The monoisotopic (exact) mass is 484 g/mol. The first kappa shape index (κ1) is 25.6. The molecule has 3 rings (SSSR count). The average molecular weight is 484 g/mol. The first-order valence-corrected chi connectivity index (χ1v) is 10.1. The van der Waals surface area contributed by atoms with Gasteiger partial charge in [0.2, 0.25) is 5.72 Å². The molecular formula is C20H25FN4O9. The minimum atomic E-state index is -3.36. The minimum Gasteiger partial charge on any atom is -0.459 e. The Morgan fingerprint density at radius 1 is 1.35 bits per heavy atom. The maximum absolute atomic E-state index is 12.6. The van der Waals surface area contributed by atoms with Crippen LogP contribution in [0.4, 0.5) is 10.2 Å². The zero-order chi connectivity index (χ0) is 25.3. The predicted molar refractivity (Wildman–Crippen MR) is 111 cm³/mol. The first-order valence-electron chi connectivity index (χ1n) is 10.1. The lowest BCUT2D eigenvalue weighted by molar-refractivity contribution is -0.413. The van der Waals surface area contributed by atoms with E-state index in [1.54, 1.807) is 24.3 Å². The van der Waals surface area contributed by atoms with Crippen LogP contribution in [-0.4, -0.2) is 84.0 Å². The van der Waals surface area contributed by atoms with Crippen molar-refractivity contribution in [2.45, 2.75) is 37.3 Å². The molecule has 0 saturated carbocycles. The third-order valence-electron chi connectivity index (χ3n) is 5.43. The van der Waals surface area contributed by atoms with Gasteiger partial charge in [0.1, 0.15) is 36.9 Å². The first-order chi connectivity index (χ1) is 16.0.